The number of alkyl halides is 1. The molecule has 94 valence electrons. The molecule has 2 aliphatic carbocycles. The van der Waals surface area contributed by atoms with E-state index in [9.17, 15) is 8.42 Å². The molecule has 0 saturated heterocycles. The Morgan fingerprint density at radius 2 is 1.94 bits per heavy atom. The quantitative estimate of drug-likeness (QED) is 0.540. The van der Waals surface area contributed by atoms with Gasteiger partial charge in [-0.3, -0.25) is 0 Å². The van der Waals surface area contributed by atoms with E-state index in [2.05, 4.69) is 4.72 Å². The average molecular weight is 266 g/mol. The molecule has 0 unspecified atom stereocenters. The Morgan fingerprint density at radius 1 is 1.25 bits per heavy atom. The Balaban J connectivity index is 1.71. The van der Waals surface area contributed by atoms with Crippen LogP contribution >= 0.6 is 11.6 Å². The van der Waals surface area contributed by atoms with Crippen LogP contribution in [0.5, 0.6) is 0 Å². The van der Waals surface area contributed by atoms with Gasteiger partial charge in [-0.2, -0.15) is 0 Å². The van der Waals surface area contributed by atoms with Crippen molar-refractivity contribution in [2.75, 3.05) is 18.2 Å². The van der Waals surface area contributed by atoms with E-state index in [-0.39, 0.29) is 5.75 Å². The number of sulfonamides is 1. The van der Waals surface area contributed by atoms with Gasteiger partial charge in [-0.15, -0.1) is 11.6 Å². The van der Waals surface area contributed by atoms with Crippen LogP contribution < -0.4 is 4.72 Å². The van der Waals surface area contributed by atoms with Gasteiger partial charge in [0, 0.05) is 12.4 Å². The van der Waals surface area contributed by atoms with E-state index in [0.29, 0.717) is 24.3 Å². The normalized spacial score (nSPS) is 23.3. The third-order valence-electron chi connectivity index (χ3n) is 3.78. The van der Waals surface area contributed by atoms with Crippen molar-refractivity contribution >= 4 is 21.6 Å². The van der Waals surface area contributed by atoms with Gasteiger partial charge in [0.1, 0.15) is 0 Å². The maximum atomic E-state index is 11.7. The van der Waals surface area contributed by atoms with Gasteiger partial charge in [0.2, 0.25) is 10.0 Å². The molecule has 16 heavy (non-hydrogen) atoms. The number of unbranched alkanes of at least 4 members (excludes halogenated alkanes) is 1. The molecule has 0 atom stereocenters. The van der Waals surface area contributed by atoms with Crippen molar-refractivity contribution in [2.24, 2.45) is 11.3 Å². The van der Waals surface area contributed by atoms with E-state index in [0.717, 1.165) is 12.3 Å². The molecular weight excluding hydrogens is 246 g/mol. The van der Waals surface area contributed by atoms with Crippen molar-refractivity contribution in [3.8, 4) is 0 Å². The standard InChI is InChI=1S/C11H20ClNO2S/c12-7-1-2-8-16(14,15)13-9-11(5-6-11)10-3-4-10/h10,13H,1-9H2. The molecule has 0 heterocycles. The summed E-state index contributed by atoms with van der Waals surface area (Å²) < 4.78 is 26.1. The first kappa shape index (κ1) is 12.7. The molecular formula is C11H20ClNO2S. The lowest BCUT2D eigenvalue weighted by Gasteiger charge is -2.14. The average Bonchev–Trinajstić information content (AvgIpc) is 3.08. The summed E-state index contributed by atoms with van der Waals surface area (Å²) in [6, 6.07) is 0. The van der Waals surface area contributed by atoms with E-state index in [4.69, 9.17) is 11.6 Å². The van der Waals surface area contributed by atoms with Crippen molar-refractivity contribution in [1.29, 1.82) is 0 Å². The zero-order valence-corrected chi connectivity index (χ0v) is 11.1. The molecule has 2 rings (SSSR count). The second kappa shape index (κ2) is 4.83. The van der Waals surface area contributed by atoms with Crippen LogP contribution in [0.4, 0.5) is 0 Å². The fraction of sp³-hybridized carbons (Fsp3) is 1.00. The minimum absolute atomic E-state index is 0.223. The first-order valence-electron chi connectivity index (χ1n) is 6.11. The zero-order chi connectivity index (χ0) is 11.6. The van der Waals surface area contributed by atoms with Gasteiger partial charge in [0.05, 0.1) is 5.75 Å². The van der Waals surface area contributed by atoms with Crippen molar-refractivity contribution in [1.82, 2.24) is 4.72 Å². The van der Waals surface area contributed by atoms with Crippen LogP contribution in [0.15, 0.2) is 0 Å². The molecule has 0 aliphatic heterocycles. The number of nitrogens with one attached hydrogen (secondary N) is 1. The van der Waals surface area contributed by atoms with Crippen molar-refractivity contribution in [3.05, 3.63) is 0 Å². The van der Waals surface area contributed by atoms with E-state index in [1.54, 1.807) is 0 Å². The van der Waals surface area contributed by atoms with Crippen molar-refractivity contribution in [3.63, 3.8) is 0 Å². The van der Waals surface area contributed by atoms with E-state index in [1.807, 2.05) is 0 Å². The van der Waals surface area contributed by atoms with E-state index < -0.39 is 10.0 Å². The highest BCUT2D eigenvalue weighted by Crippen LogP contribution is 2.60. The molecule has 1 N–H and O–H groups in total. The Hall–Kier alpha value is 0.200. The van der Waals surface area contributed by atoms with Gasteiger partial charge < -0.3 is 0 Å². The molecule has 0 aromatic carbocycles. The smallest absolute Gasteiger partial charge is 0.211 e. The second-order valence-electron chi connectivity index (χ2n) is 5.17. The maximum absolute atomic E-state index is 11.7. The molecule has 0 bridgehead atoms. The Kier molecular flexibility index (Phi) is 3.82. The van der Waals surface area contributed by atoms with Crippen LogP contribution in [-0.4, -0.2) is 26.6 Å². The summed E-state index contributed by atoms with van der Waals surface area (Å²) in [5, 5.41) is 0. The van der Waals surface area contributed by atoms with Gasteiger partial charge in [0.15, 0.2) is 0 Å². The predicted molar refractivity (Wildman–Crippen MR) is 66.1 cm³/mol. The lowest BCUT2D eigenvalue weighted by molar-refractivity contribution is 0.431. The topological polar surface area (TPSA) is 46.2 Å². The van der Waals surface area contributed by atoms with Crippen LogP contribution in [0, 0.1) is 11.3 Å². The van der Waals surface area contributed by atoms with Crippen LogP contribution in [-0.2, 0) is 10.0 Å². The summed E-state index contributed by atoms with van der Waals surface area (Å²) in [5.41, 5.74) is 0.347. The summed E-state index contributed by atoms with van der Waals surface area (Å²) in [4.78, 5) is 0. The molecule has 0 spiro atoms. The molecule has 2 aliphatic rings. The summed E-state index contributed by atoms with van der Waals surface area (Å²) in [5.74, 6) is 1.57. The van der Waals surface area contributed by atoms with E-state index >= 15 is 0 Å². The highest BCUT2D eigenvalue weighted by atomic mass is 35.5. The molecule has 2 fully saturated rings. The van der Waals surface area contributed by atoms with E-state index in [1.165, 1.54) is 25.7 Å². The largest absolute Gasteiger partial charge is 0.215 e. The maximum Gasteiger partial charge on any atom is 0.211 e. The fourth-order valence-corrected chi connectivity index (χ4v) is 3.72. The van der Waals surface area contributed by atoms with Crippen LogP contribution in [0.3, 0.4) is 0 Å². The van der Waals surface area contributed by atoms with Crippen LogP contribution in [0.1, 0.15) is 38.5 Å². The van der Waals surface area contributed by atoms with Gasteiger partial charge in [-0.1, -0.05) is 0 Å². The number of rotatable bonds is 8. The summed E-state index contributed by atoms with van der Waals surface area (Å²) >= 11 is 5.52. The summed E-state index contributed by atoms with van der Waals surface area (Å²) in [7, 11) is -3.06. The van der Waals surface area contributed by atoms with Crippen molar-refractivity contribution < 1.29 is 8.42 Å². The third kappa shape index (κ3) is 3.34. The monoisotopic (exact) mass is 265 g/mol. The van der Waals surface area contributed by atoms with Crippen molar-refractivity contribution in [2.45, 2.75) is 38.5 Å². The highest BCUT2D eigenvalue weighted by molar-refractivity contribution is 7.89. The lowest BCUT2D eigenvalue weighted by Crippen LogP contribution is -2.33. The van der Waals surface area contributed by atoms with Gasteiger partial charge in [0.25, 0.3) is 0 Å². The first-order valence-corrected chi connectivity index (χ1v) is 8.30. The third-order valence-corrected chi connectivity index (χ3v) is 5.45. The van der Waals surface area contributed by atoms with Gasteiger partial charge in [-0.05, 0) is 49.9 Å². The molecule has 2 saturated carbocycles. The second-order valence-corrected chi connectivity index (χ2v) is 7.48. The number of hydrogen-bond donors (Lipinski definition) is 1. The predicted octanol–water partition coefficient (Wildman–Crippen LogP) is 2.12. The number of halogens is 1. The minimum atomic E-state index is -3.06. The lowest BCUT2D eigenvalue weighted by atomic mass is 10.0. The van der Waals surface area contributed by atoms with Gasteiger partial charge >= 0.3 is 0 Å². The summed E-state index contributed by atoms with van der Waals surface area (Å²) in [6.45, 7) is 0.668. The molecule has 5 heteroatoms. The Morgan fingerprint density at radius 3 is 2.44 bits per heavy atom. The first-order chi connectivity index (χ1) is 7.58. The molecule has 3 nitrogen and oxygen atoms in total. The molecule has 0 aromatic rings. The van der Waals surface area contributed by atoms with Crippen LogP contribution in [0.25, 0.3) is 0 Å². The SMILES string of the molecule is O=S(=O)(CCCCCl)NCC1(C2CC2)CC1. The molecule has 0 aromatic heterocycles. The van der Waals surface area contributed by atoms with Crippen LogP contribution in [0.2, 0.25) is 0 Å². The number of hydrogen-bond acceptors (Lipinski definition) is 2. The minimum Gasteiger partial charge on any atom is -0.215 e. The summed E-state index contributed by atoms with van der Waals surface area (Å²) in [6.07, 6.45) is 6.46. The Bertz CT molecular complexity index is 334. The molecule has 0 amide bonds. The highest BCUT2D eigenvalue weighted by Gasteiger charge is 2.53. The fourth-order valence-electron chi connectivity index (χ4n) is 2.30. The Labute approximate surface area is 103 Å². The van der Waals surface area contributed by atoms with Gasteiger partial charge in [-0.25, -0.2) is 13.1 Å². The molecule has 0 radical (unpaired) electrons. The zero-order valence-electron chi connectivity index (χ0n) is 9.54.